The summed E-state index contributed by atoms with van der Waals surface area (Å²) < 4.78 is 0. The zero-order chi connectivity index (χ0) is 9.68. The number of hydrogen-bond acceptors (Lipinski definition) is 4. The molecule has 4 nitrogen and oxygen atoms in total. The van der Waals surface area contributed by atoms with Crippen LogP contribution >= 0.6 is 11.8 Å². The number of amides is 1. The van der Waals surface area contributed by atoms with Crippen molar-refractivity contribution in [1.29, 1.82) is 0 Å². The molecule has 1 aliphatic rings. The van der Waals surface area contributed by atoms with Crippen molar-refractivity contribution in [2.45, 2.75) is 19.1 Å². The first-order valence-corrected chi connectivity index (χ1v) is 5.62. The molecule has 1 saturated heterocycles. The summed E-state index contributed by atoms with van der Waals surface area (Å²) >= 11 is 1.78. The maximum Gasteiger partial charge on any atom is 0.238 e. The van der Waals surface area contributed by atoms with E-state index >= 15 is 0 Å². The molecule has 5 heteroatoms. The second-order valence-corrected chi connectivity index (χ2v) is 4.33. The van der Waals surface area contributed by atoms with Crippen LogP contribution in [0, 0.1) is 0 Å². The van der Waals surface area contributed by atoms with Gasteiger partial charge < -0.3 is 15.7 Å². The fraction of sp³-hybridized carbons (Fsp3) is 0.875. The first kappa shape index (κ1) is 10.8. The molecule has 0 aromatic heterocycles. The predicted octanol–water partition coefficient (Wildman–Crippen LogP) is -0.812. The molecule has 2 atom stereocenters. The van der Waals surface area contributed by atoms with E-state index in [2.05, 4.69) is 10.6 Å². The van der Waals surface area contributed by atoms with Gasteiger partial charge in [0.25, 0.3) is 0 Å². The van der Waals surface area contributed by atoms with Crippen molar-refractivity contribution in [3.8, 4) is 0 Å². The van der Waals surface area contributed by atoms with Gasteiger partial charge in [-0.15, -0.1) is 0 Å². The zero-order valence-electron chi connectivity index (χ0n) is 7.75. The summed E-state index contributed by atoms with van der Waals surface area (Å²) in [5, 5.41) is 14.8. The van der Waals surface area contributed by atoms with E-state index in [1.807, 2.05) is 0 Å². The Morgan fingerprint density at radius 1 is 1.85 bits per heavy atom. The quantitative estimate of drug-likeness (QED) is 0.562. The Morgan fingerprint density at radius 3 is 3.15 bits per heavy atom. The van der Waals surface area contributed by atoms with Gasteiger partial charge in [-0.25, -0.2) is 0 Å². The van der Waals surface area contributed by atoms with Crippen LogP contribution in [0.1, 0.15) is 6.92 Å². The third kappa shape index (κ3) is 3.97. The van der Waals surface area contributed by atoms with E-state index < -0.39 is 6.10 Å². The molecule has 0 saturated carbocycles. The Labute approximate surface area is 82.5 Å². The van der Waals surface area contributed by atoms with Gasteiger partial charge in [-0.2, -0.15) is 11.8 Å². The van der Waals surface area contributed by atoms with Crippen LogP contribution in [0.2, 0.25) is 0 Å². The highest BCUT2D eigenvalue weighted by atomic mass is 32.2. The third-order valence-corrected chi connectivity index (χ3v) is 2.87. The van der Waals surface area contributed by atoms with E-state index in [1.165, 1.54) is 0 Å². The van der Waals surface area contributed by atoms with Crippen molar-refractivity contribution in [1.82, 2.24) is 10.6 Å². The summed E-state index contributed by atoms with van der Waals surface area (Å²) in [7, 11) is 0. The molecule has 0 aromatic rings. The molecule has 0 aromatic carbocycles. The fourth-order valence-corrected chi connectivity index (χ4v) is 2.04. The van der Waals surface area contributed by atoms with Crippen molar-refractivity contribution < 1.29 is 9.90 Å². The molecule has 13 heavy (non-hydrogen) atoms. The van der Waals surface area contributed by atoms with E-state index in [0.717, 1.165) is 18.1 Å². The number of rotatable bonds is 3. The molecular weight excluding hydrogens is 188 g/mol. The van der Waals surface area contributed by atoms with Crippen LogP contribution in [-0.2, 0) is 4.79 Å². The lowest BCUT2D eigenvalue weighted by molar-refractivity contribution is -0.123. The lowest BCUT2D eigenvalue weighted by Gasteiger charge is -2.22. The molecule has 1 amide bonds. The topological polar surface area (TPSA) is 61.4 Å². The van der Waals surface area contributed by atoms with Crippen LogP contribution in [0.3, 0.4) is 0 Å². The summed E-state index contributed by atoms with van der Waals surface area (Å²) in [5.74, 6) is 1.89. The van der Waals surface area contributed by atoms with Crippen LogP contribution < -0.4 is 10.6 Å². The van der Waals surface area contributed by atoms with E-state index in [1.54, 1.807) is 18.7 Å². The number of hydrogen-bond donors (Lipinski definition) is 3. The minimum absolute atomic E-state index is 0.00639. The van der Waals surface area contributed by atoms with Crippen molar-refractivity contribution >= 4 is 17.7 Å². The number of carbonyl (C=O) groups excluding carboxylic acids is 1. The molecular formula is C8H16N2O2S. The van der Waals surface area contributed by atoms with Crippen molar-refractivity contribution in [2.75, 3.05) is 24.6 Å². The Hall–Kier alpha value is -0.260. The highest BCUT2D eigenvalue weighted by Crippen LogP contribution is 2.07. The van der Waals surface area contributed by atoms with Crippen LogP contribution in [0.15, 0.2) is 0 Å². The summed E-state index contributed by atoms with van der Waals surface area (Å²) in [6.45, 7) is 2.88. The summed E-state index contributed by atoms with van der Waals surface area (Å²) in [6.07, 6.45) is -0.472. The molecule has 76 valence electrons. The highest BCUT2D eigenvalue weighted by Gasteiger charge is 2.20. The minimum Gasteiger partial charge on any atom is -0.392 e. The van der Waals surface area contributed by atoms with Crippen molar-refractivity contribution in [3.63, 3.8) is 0 Å². The second kappa shape index (κ2) is 5.47. The first-order valence-electron chi connectivity index (χ1n) is 4.47. The molecule has 0 bridgehead atoms. The molecule has 1 aliphatic heterocycles. The molecule has 0 spiro atoms. The van der Waals surface area contributed by atoms with Gasteiger partial charge in [0.2, 0.25) is 5.91 Å². The van der Waals surface area contributed by atoms with E-state index in [9.17, 15) is 4.79 Å². The van der Waals surface area contributed by atoms with Gasteiger partial charge in [-0.05, 0) is 6.92 Å². The summed E-state index contributed by atoms with van der Waals surface area (Å²) in [4.78, 5) is 11.4. The molecule has 1 heterocycles. The predicted molar refractivity (Wildman–Crippen MR) is 53.8 cm³/mol. The maximum absolute atomic E-state index is 11.4. The van der Waals surface area contributed by atoms with Crippen LogP contribution in [-0.4, -0.2) is 47.8 Å². The number of carbonyl (C=O) groups is 1. The molecule has 3 N–H and O–H groups in total. The molecule has 0 radical (unpaired) electrons. The SMILES string of the molecule is CC(O)CNC(=O)C1CSCCN1. The first-order chi connectivity index (χ1) is 6.20. The van der Waals surface area contributed by atoms with Crippen molar-refractivity contribution in [2.24, 2.45) is 0 Å². The normalized spacial score (nSPS) is 25.2. The maximum atomic E-state index is 11.4. The van der Waals surface area contributed by atoms with E-state index in [4.69, 9.17) is 5.11 Å². The number of thioether (sulfide) groups is 1. The third-order valence-electron chi connectivity index (χ3n) is 1.81. The van der Waals surface area contributed by atoms with Gasteiger partial charge in [0.05, 0.1) is 12.1 Å². The summed E-state index contributed by atoms with van der Waals surface area (Å²) in [6, 6.07) is -0.0856. The number of nitrogens with one attached hydrogen (secondary N) is 2. The smallest absolute Gasteiger partial charge is 0.238 e. The van der Waals surface area contributed by atoms with Gasteiger partial charge >= 0.3 is 0 Å². The van der Waals surface area contributed by atoms with Crippen LogP contribution in [0.5, 0.6) is 0 Å². The highest BCUT2D eigenvalue weighted by molar-refractivity contribution is 7.99. The zero-order valence-corrected chi connectivity index (χ0v) is 8.56. The van der Waals surface area contributed by atoms with Gasteiger partial charge in [0.15, 0.2) is 0 Å². The van der Waals surface area contributed by atoms with Gasteiger partial charge in [-0.1, -0.05) is 0 Å². The monoisotopic (exact) mass is 204 g/mol. The molecule has 0 aliphatic carbocycles. The lowest BCUT2D eigenvalue weighted by atomic mass is 10.3. The van der Waals surface area contributed by atoms with Crippen LogP contribution in [0.25, 0.3) is 0 Å². The van der Waals surface area contributed by atoms with Gasteiger partial charge in [0, 0.05) is 24.6 Å². The largest absolute Gasteiger partial charge is 0.392 e. The molecule has 1 rings (SSSR count). The van der Waals surface area contributed by atoms with Crippen molar-refractivity contribution in [3.05, 3.63) is 0 Å². The minimum atomic E-state index is -0.472. The van der Waals surface area contributed by atoms with Crippen LogP contribution in [0.4, 0.5) is 0 Å². The number of aliphatic hydroxyl groups excluding tert-OH is 1. The standard InChI is InChI=1S/C8H16N2O2S/c1-6(11)4-10-8(12)7-5-13-3-2-9-7/h6-7,9,11H,2-5H2,1H3,(H,10,12). The Bertz CT molecular complexity index is 170. The fourth-order valence-electron chi connectivity index (χ4n) is 1.11. The average Bonchev–Trinajstić information content (AvgIpc) is 2.15. The Morgan fingerprint density at radius 2 is 2.62 bits per heavy atom. The van der Waals surface area contributed by atoms with E-state index in [-0.39, 0.29) is 11.9 Å². The summed E-state index contributed by atoms with van der Waals surface area (Å²) in [5.41, 5.74) is 0. The van der Waals surface area contributed by atoms with E-state index in [0.29, 0.717) is 6.54 Å². The van der Waals surface area contributed by atoms with Gasteiger partial charge in [0.1, 0.15) is 0 Å². The number of aliphatic hydroxyl groups is 1. The average molecular weight is 204 g/mol. The second-order valence-electron chi connectivity index (χ2n) is 3.18. The molecule has 2 unspecified atom stereocenters. The Balaban J connectivity index is 2.21. The molecule has 1 fully saturated rings. The lowest BCUT2D eigenvalue weighted by Crippen LogP contribution is -2.50. The van der Waals surface area contributed by atoms with Gasteiger partial charge in [-0.3, -0.25) is 4.79 Å². The Kier molecular flexibility index (Phi) is 4.55.